The summed E-state index contributed by atoms with van der Waals surface area (Å²) in [6.45, 7) is 4.75. The van der Waals surface area contributed by atoms with E-state index in [0.29, 0.717) is 13.2 Å². The van der Waals surface area contributed by atoms with Crippen LogP contribution in [0.5, 0.6) is 0 Å². The highest BCUT2D eigenvalue weighted by molar-refractivity contribution is 7.22. The smallest absolute Gasteiger partial charge is 0.224 e. The van der Waals surface area contributed by atoms with E-state index in [9.17, 15) is 5.11 Å². The van der Waals surface area contributed by atoms with Crippen LogP contribution in [0.25, 0.3) is 20.7 Å². The Morgan fingerprint density at radius 3 is 2.80 bits per heavy atom. The second-order valence-electron chi connectivity index (χ2n) is 6.04. The second-order valence-corrected chi connectivity index (χ2v) is 7.43. The van der Waals surface area contributed by atoms with E-state index < -0.39 is 6.10 Å². The lowest BCUT2D eigenvalue weighted by Gasteiger charge is -2.28. The molecule has 1 saturated heterocycles. The average Bonchev–Trinajstić information content (AvgIpc) is 3.05. The number of morpholine rings is 1. The SMILES string of the molecule is CC(O)c1cccc(-c2cc3nc(Cl)nc(N4CCOCC4)c3s2)c1. The molecule has 0 bridgehead atoms. The molecule has 0 saturated carbocycles. The van der Waals surface area contributed by atoms with Crippen LogP contribution in [-0.2, 0) is 4.74 Å². The van der Waals surface area contributed by atoms with Crippen molar-refractivity contribution in [3.8, 4) is 10.4 Å². The van der Waals surface area contributed by atoms with Gasteiger partial charge in [0.2, 0.25) is 5.28 Å². The number of fused-ring (bicyclic) bond motifs is 1. The van der Waals surface area contributed by atoms with Crippen molar-refractivity contribution in [1.82, 2.24) is 9.97 Å². The zero-order valence-corrected chi connectivity index (χ0v) is 15.3. The van der Waals surface area contributed by atoms with Gasteiger partial charge in [-0.05, 0) is 41.8 Å². The van der Waals surface area contributed by atoms with Crippen molar-refractivity contribution in [3.63, 3.8) is 0 Å². The molecule has 3 aromatic rings. The number of thiophene rings is 1. The van der Waals surface area contributed by atoms with Gasteiger partial charge < -0.3 is 14.7 Å². The minimum Gasteiger partial charge on any atom is -0.389 e. The van der Waals surface area contributed by atoms with Crippen LogP contribution < -0.4 is 4.90 Å². The van der Waals surface area contributed by atoms with Gasteiger partial charge in [-0.1, -0.05) is 18.2 Å². The molecule has 1 atom stereocenters. The molecule has 1 aliphatic heterocycles. The molecule has 1 aliphatic rings. The number of ether oxygens (including phenoxy) is 1. The molecule has 25 heavy (non-hydrogen) atoms. The van der Waals surface area contributed by atoms with Gasteiger partial charge in [0.05, 0.1) is 29.5 Å². The number of hydrogen-bond acceptors (Lipinski definition) is 6. The van der Waals surface area contributed by atoms with Crippen LogP contribution >= 0.6 is 22.9 Å². The van der Waals surface area contributed by atoms with Crippen molar-refractivity contribution < 1.29 is 9.84 Å². The first kappa shape index (κ1) is 16.7. The predicted molar refractivity (Wildman–Crippen MR) is 102 cm³/mol. The van der Waals surface area contributed by atoms with Gasteiger partial charge >= 0.3 is 0 Å². The monoisotopic (exact) mass is 375 g/mol. The van der Waals surface area contributed by atoms with E-state index in [1.54, 1.807) is 18.3 Å². The summed E-state index contributed by atoms with van der Waals surface area (Å²) in [6, 6.07) is 9.98. The zero-order chi connectivity index (χ0) is 17.4. The van der Waals surface area contributed by atoms with Gasteiger partial charge in [-0.3, -0.25) is 0 Å². The van der Waals surface area contributed by atoms with E-state index in [4.69, 9.17) is 16.3 Å². The molecular weight excluding hydrogens is 358 g/mol. The Morgan fingerprint density at radius 1 is 1.24 bits per heavy atom. The number of aliphatic hydroxyl groups excluding tert-OH is 1. The third-order valence-corrected chi connectivity index (χ3v) is 5.63. The van der Waals surface area contributed by atoms with Crippen LogP contribution in [0, 0.1) is 0 Å². The summed E-state index contributed by atoms with van der Waals surface area (Å²) in [5.74, 6) is 0.876. The first-order valence-electron chi connectivity index (χ1n) is 8.20. The van der Waals surface area contributed by atoms with Gasteiger partial charge in [0.25, 0.3) is 0 Å². The number of nitrogens with zero attached hydrogens (tertiary/aromatic N) is 3. The predicted octanol–water partition coefficient (Wildman–Crippen LogP) is 3.90. The van der Waals surface area contributed by atoms with Crippen LogP contribution in [0.3, 0.4) is 0 Å². The normalized spacial score (nSPS) is 16.4. The molecule has 4 rings (SSSR count). The molecule has 1 aromatic carbocycles. The van der Waals surface area contributed by atoms with Crippen molar-refractivity contribution in [3.05, 3.63) is 41.2 Å². The summed E-state index contributed by atoms with van der Waals surface area (Å²) in [6.07, 6.45) is -0.493. The van der Waals surface area contributed by atoms with E-state index in [2.05, 4.69) is 14.9 Å². The fourth-order valence-corrected chi connectivity index (χ4v) is 4.25. The maximum atomic E-state index is 9.83. The molecule has 1 unspecified atom stereocenters. The topological polar surface area (TPSA) is 58.5 Å². The Hall–Kier alpha value is -1.73. The van der Waals surface area contributed by atoms with Crippen LogP contribution in [0.4, 0.5) is 5.82 Å². The number of aromatic nitrogens is 2. The fourth-order valence-electron chi connectivity index (χ4n) is 2.97. The maximum Gasteiger partial charge on any atom is 0.224 e. The van der Waals surface area contributed by atoms with Gasteiger partial charge in [0.15, 0.2) is 5.82 Å². The Labute approximate surface area is 154 Å². The van der Waals surface area contributed by atoms with Gasteiger partial charge in [0.1, 0.15) is 0 Å². The Kier molecular flexibility index (Phi) is 4.60. The highest BCUT2D eigenvalue weighted by atomic mass is 35.5. The maximum absolute atomic E-state index is 9.83. The van der Waals surface area contributed by atoms with Crippen molar-refractivity contribution in [2.75, 3.05) is 31.2 Å². The molecule has 0 spiro atoms. The molecule has 7 heteroatoms. The molecule has 2 aromatic heterocycles. The van der Waals surface area contributed by atoms with Crippen LogP contribution in [0.15, 0.2) is 30.3 Å². The fraction of sp³-hybridized carbons (Fsp3) is 0.333. The second kappa shape index (κ2) is 6.88. The van der Waals surface area contributed by atoms with Crippen molar-refractivity contribution in [2.45, 2.75) is 13.0 Å². The summed E-state index contributed by atoms with van der Waals surface area (Å²) in [4.78, 5) is 12.2. The van der Waals surface area contributed by atoms with E-state index in [-0.39, 0.29) is 5.28 Å². The van der Waals surface area contributed by atoms with Gasteiger partial charge in [-0.15, -0.1) is 11.3 Å². The summed E-state index contributed by atoms with van der Waals surface area (Å²) in [7, 11) is 0. The van der Waals surface area contributed by atoms with E-state index in [0.717, 1.165) is 45.1 Å². The van der Waals surface area contributed by atoms with Gasteiger partial charge in [-0.25, -0.2) is 4.98 Å². The average molecular weight is 376 g/mol. The molecule has 0 amide bonds. The van der Waals surface area contributed by atoms with Crippen LogP contribution in [0.1, 0.15) is 18.6 Å². The van der Waals surface area contributed by atoms with E-state index in [1.165, 1.54) is 0 Å². The van der Waals surface area contributed by atoms with Crippen molar-refractivity contribution in [2.24, 2.45) is 0 Å². The molecule has 3 heterocycles. The summed E-state index contributed by atoms with van der Waals surface area (Å²) in [5.41, 5.74) is 2.81. The number of aliphatic hydroxyl groups is 1. The number of rotatable bonds is 3. The summed E-state index contributed by atoms with van der Waals surface area (Å²) < 4.78 is 6.47. The lowest BCUT2D eigenvalue weighted by molar-refractivity contribution is 0.122. The molecule has 5 nitrogen and oxygen atoms in total. The van der Waals surface area contributed by atoms with E-state index >= 15 is 0 Å². The highest BCUT2D eigenvalue weighted by Gasteiger charge is 2.19. The minimum absolute atomic E-state index is 0.260. The third kappa shape index (κ3) is 3.35. The van der Waals surface area contributed by atoms with Crippen molar-refractivity contribution in [1.29, 1.82) is 0 Å². The minimum atomic E-state index is -0.493. The van der Waals surface area contributed by atoms with Crippen LogP contribution in [0.2, 0.25) is 5.28 Å². The molecule has 1 N–H and O–H groups in total. The number of hydrogen-bond donors (Lipinski definition) is 1. The Balaban J connectivity index is 1.81. The summed E-state index contributed by atoms with van der Waals surface area (Å²) >= 11 is 7.81. The zero-order valence-electron chi connectivity index (χ0n) is 13.8. The van der Waals surface area contributed by atoms with Gasteiger partial charge in [0, 0.05) is 18.0 Å². The number of benzene rings is 1. The first-order valence-corrected chi connectivity index (χ1v) is 9.39. The Bertz CT molecular complexity index is 906. The molecule has 1 fully saturated rings. The Morgan fingerprint density at radius 2 is 2.04 bits per heavy atom. The van der Waals surface area contributed by atoms with Crippen molar-refractivity contribution >= 4 is 39.0 Å². The molecule has 0 aliphatic carbocycles. The number of anilines is 1. The molecule has 130 valence electrons. The standard InChI is InChI=1S/C18H18ClN3O2S/c1-11(23)12-3-2-4-13(9-12)15-10-14-16(25-15)17(21-18(19)20-14)22-5-7-24-8-6-22/h2-4,9-11,23H,5-8H2,1H3. The molecular formula is C18H18ClN3O2S. The molecule has 0 radical (unpaired) electrons. The van der Waals surface area contributed by atoms with Crippen LogP contribution in [-0.4, -0.2) is 41.4 Å². The largest absolute Gasteiger partial charge is 0.389 e. The van der Waals surface area contributed by atoms with Gasteiger partial charge in [-0.2, -0.15) is 4.98 Å². The summed E-state index contributed by atoms with van der Waals surface area (Å²) in [5, 5.41) is 10.1. The lowest BCUT2D eigenvalue weighted by atomic mass is 10.1. The first-order chi connectivity index (χ1) is 12.1. The highest BCUT2D eigenvalue weighted by Crippen LogP contribution is 2.38. The lowest BCUT2D eigenvalue weighted by Crippen LogP contribution is -2.36. The third-order valence-electron chi connectivity index (χ3n) is 4.29. The van der Waals surface area contributed by atoms with E-state index in [1.807, 2.05) is 30.3 Å². The quantitative estimate of drug-likeness (QED) is 0.703. The number of halogens is 1.